The summed E-state index contributed by atoms with van der Waals surface area (Å²) in [6.45, 7) is 6.33. The number of aliphatic hydroxyl groups is 3. The van der Waals surface area contributed by atoms with E-state index in [9.17, 15) is 15.3 Å². The van der Waals surface area contributed by atoms with Crippen LogP contribution in [0, 0.1) is 12.3 Å². The molecule has 0 saturated heterocycles. The Balaban J connectivity index is 3.35. The lowest BCUT2D eigenvalue weighted by Gasteiger charge is -2.13. The summed E-state index contributed by atoms with van der Waals surface area (Å²) in [5, 5.41) is 29.0. The zero-order valence-electron chi connectivity index (χ0n) is 14.3. The molecule has 0 aliphatic rings. The van der Waals surface area contributed by atoms with Gasteiger partial charge in [0.1, 0.15) is 0 Å². The van der Waals surface area contributed by atoms with Gasteiger partial charge in [-0.1, -0.05) is 40.0 Å². The van der Waals surface area contributed by atoms with E-state index >= 15 is 0 Å². The van der Waals surface area contributed by atoms with Crippen molar-refractivity contribution in [3.8, 4) is 0 Å². The second-order valence-corrected chi connectivity index (χ2v) is 6.71. The Labute approximate surface area is 131 Å². The van der Waals surface area contributed by atoms with Gasteiger partial charge in [0.15, 0.2) is 0 Å². The summed E-state index contributed by atoms with van der Waals surface area (Å²) in [5.74, 6) is 0.668. The van der Waals surface area contributed by atoms with E-state index in [4.69, 9.17) is 0 Å². The predicted molar refractivity (Wildman–Crippen MR) is 89.0 cm³/mol. The summed E-state index contributed by atoms with van der Waals surface area (Å²) in [5.41, 5.74) is 0. The molecule has 21 heavy (non-hydrogen) atoms. The lowest BCUT2D eigenvalue weighted by Crippen LogP contribution is -2.13. The van der Waals surface area contributed by atoms with Crippen LogP contribution in [0.3, 0.4) is 0 Å². The molecule has 127 valence electrons. The van der Waals surface area contributed by atoms with Crippen molar-refractivity contribution < 1.29 is 15.3 Å². The van der Waals surface area contributed by atoms with Gasteiger partial charge in [0.2, 0.25) is 0 Å². The molecule has 0 saturated carbocycles. The fraction of sp³-hybridized carbons (Fsp3) is 0.944. The van der Waals surface area contributed by atoms with Gasteiger partial charge in [-0.25, -0.2) is 0 Å². The first-order valence-electron chi connectivity index (χ1n) is 8.83. The first-order chi connectivity index (χ1) is 9.95. The monoisotopic (exact) mass is 301 g/mol. The van der Waals surface area contributed by atoms with Crippen LogP contribution in [0.4, 0.5) is 0 Å². The van der Waals surface area contributed by atoms with Crippen LogP contribution in [-0.2, 0) is 0 Å². The van der Waals surface area contributed by atoms with E-state index in [-0.39, 0.29) is 18.3 Å². The second-order valence-electron chi connectivity index (χ2n) is 6.71. The first-order valence-corrected chi connectivity index (χ1v) is 8.83. The highest BCUT2D eigenvalue weighted by Gasteiger charge is 2.08. The highest BCUT2D eigenvalue weighted by molar-refractivity contribution is 4.76. The van der Waals surface area contributed by atoms with Crippen molar-refractivity contribution in [2.24, 2.45) is 5.92 Å². The lowest BCUT2D eigenvalue weighted by molar-refractivity contribution is 0.123. The zero-order chi connectivity index (χ0) is 16.1. The summed E-state index contributed by atoms with van der Waals surface area (Å²) < 4.78 is 0. The van der Waals surface area contributed by atoms with Crippen molar-refractivity contribution in [1.29, 1.82) is 0 Å². The van der Waals surface area contributed by atoms with Gasteiger partial charge < -0.3 is 15.3 Å². The standard InChI is InChI=1S/C18H37O3/c1-4-16(19)13-14-18(21)10-8-6-5-7-9-17(20)12-11-15(2)3/h10,15-21H,4-9,11-14H2,1-3H3. The number of unbranched alkanes of at least 4 members (excludes halogenated alkanes) is 3. The summed E-state index contributed by atoms with van der Waals surface area (Å²) in [6.07, 6.45) is 10.3. The van der Waals surface area contributed by atoms with Crippen LogP contribution in [0.25, 0.3) is 0 Å². The molecule has 0 heterocycles. The number of aliphatic hydroxyl groups excluding tert-OH is 3. The quantitative estimate of drug-likeness (QED) is 0.427. The molecular weight excluding hydrogens is 264 g/mol. The van der Waals surface area contributed by atoms with E-state index in [0.29, 0.717) is 18.8 Å². The van der Waals surface area contributed by atoms with Crippen molar-refractivity contribution in [2.75, 3.05) is 0 Å². The Morgan fingerprint density at radius 2 is 1.43 bits per heavy atom. The minimum Gasteiger partial charge on any atom is -0.393 e. The highest BCUT2D eigenvalue weighted by atomic mass is 16.3. The maximum absolute atomic E-state index is 9.82. The predicted octanol–water partition coefficient (Wildman–Crippen LogP) is 3.85. The van der Waals surface area contributed by atoms with Crippen LogP contribution in [0.2, 0.25) is 0 Å². The molecule has 0 aromatic rings. The number of hydrogen-bond donors (Lipinski definition) is 3. The summed E-state index contributed by atoms with van der Waals surface area (Å²) >= 11 is 0. The minimum absolute atomic E-state index is 0.141. The van der Waals surface area contributed by atoms with Crippen LogP contribution in [0.15, 0.2) is 0 Å². The van der Waals surface area contributed by atoms with Crippen molar-refractivity contribution in [2.45, 2.75) is 103 Å². The molecular formula is C18H37O3. The fourth-order valence-electron chi connectivity index (χ4n) is 2.37. The lowest BCUT2D eigenvalue weighted by atomic mass is 9.99. The maximum Gasteiger partial charge on any atom is 0.0573 e. The van der Waals surface area contributed by atoms with Gasteiger partial charge in [-0.3, -0.25) is 0 Å². The Morgan fingerprint density at radius 3 is 2.05 bits per heavy atom. The Kier molecular flexibility index (Phi) is 13.5. The third-order valence-electron chi connectivity index (χ3n) is 4.02. The molecule has 3 nitrogen and oxygen atoms in total. The smallest absolute Gasteiger partial charge is 0.0573 e. The van der Waals surface area contributed by atoms with Crippen LogP contribution in [0.5, 0.6) is 0 Å². The average Bonchev–Trinajstić information content (AvgIpc) is 2.45. The minimum atomic E-state index is -0.386. The summed E-state index contributed by atoms with van der Waals surface area (Å²) in [7, 11) is 0. The topological polar surface area (TPSA) is 60.7 Å². The van der Waals surface area contributed by atoms with Gasteiger partial charge in [-0.05, 0) is 57.3 Å². The third-order valence-corrected chi connectivity index (χ3v) is 4.02. The van der Waals surface area contributed by atoms with E-state index in [1.807, 2.05) is 13.3 Å². The van der Waals surface area contributed by atoms with Gasteiger partial charge >= 0.3 is 0 Å². The average molecular weight is 301 g/mol. The zero-order valence-corrected chi connectivity index (χ0v) is 14.3. The van der Waals surface area contributed by atoms with Gasteiger partial charge in [0, 0.05) is 0 Å². The van der Waals surface area contributed by atoms with E-state index in [2.05, 4.69) is 13.8 Å². The van der Waals surface area contributed by atoms with Gasteiger partial charge in [-0.15, -0.1) is 0 Å². The van der Waals surface area contributed by atoms with Crippen molar-refractivity contribution >= 4 is 0 Å². The molecule has 3 atom stereocenters. The second kappa shape index (κ2) is 13.5. The Hall–Kier alpha value is -0.120. The molecule has 0 aliphatic heterocycles. The maximum atomic E-state index is 9.82. The first kappa shape index (κ1) is 20.9. The van der Waals surface area contributed by atoms with Crippen LogP contribution in [0.1, 0.15) is 85.0 Å². The summed E-state index contributed by atoms with van der Waals surface area (Å²) in [6, 6.07) is 0. The van der Waals surface area contributed by atoms with E-state index < -0.39 is 0 Å². The van der Waals surface area contributed by atoms with Crippen LogP contribution in [-0.4, -0.2) is 33.6 Å². The molecule has 0 aliphatic carbocycles. The van der Waals surface area contributed by atoms with Crippen molar-refractivity contribution in [3.05, 3.63) is 6.42 Å². The summed E-state index contributed by atoms with van der Waals surface area (Å²) in [4.78, 5) is 0. The molecule has 3 unspecified atom stereocenters. The molecule has 3 heteroatoms. The van der Waals surface area contributed by atoms with E-state index in [0.717, 1.165) is 51.4 Å². The molecule has 0 fully saturated rings. The number of hydrogen-bond acceptors (Lipinski definition) is 3. The molecule has 3 N–H and O–H groups in total. The molecule has 0 bridgehead atoms. The number of rotatable bonds is 14. The van der Waals surface area contributed by atoms with Gasteiger partial charge in [-0.2, -0.15) is 0 Å². The largest absolute Gasteiger partial charge is 0.393 e. The molecule has 0 aromatic heterocycles. The molecule has 0 amide bonds. The Morgan fingerprint density at radius 1 is 0.762 bits per heavy atom. The van der Waals surface area contributed by atoms with Crippen LogP contribution >= 0.6 is 0 Å². The SMILES string of the molecule is CCC(O)CCC(O)[CH]CCCCCC(O)CCC(C)C. The highest BCUT2D eigenvalue weighted by Crippen LogP contribution is 2.15. The molecule has 0 rings (SSSR count). The van der Waals surface area contributed by atoms with Crippen LogP contribution < -0.4 is 0 Å². The van der Waals surface area contributed by atoms with Crippen molar-refractivity contribution in [1.82, 2.24) is 0 Å². The Bertz CT molecular complexity index is 219. The molecule has 0 spiro atoms. The normalized spacial score (nSPS) is 16.1. The van der Waals surface area contributed by atoms with Gasteiger partial charge in [0.25, 0.3) is 0 Å². The van der Waals surface area contributed by atoms with E-state index in [1.165, 1.54) is 0 Å². The third kappa shape index (κ3) is 14.6. The van der Waals surface area contributed by atoms with Crippen molar-refractivity contribution in [3.63, 3.8) is 0 Å². The molecule has 1 radical (unpaired) electrons. The van der Waals surface area contributed by atoms with Gasteiger partial charge in [0.05, 0.1) is 18.3 Å². The molecule has 0 aromatic carbocycles. The fourth-order valence-corrected chi connectivity index (χ4v) is 2.37. The van der Waals surface area contributed by atoms with E-state index in [1.54, 1.807) is 0 Å².